The van der Waals surface area contributed by atoms with Gasteiger partial charge < -0.3 is 19.0 Å². The Hall–Kier alpha value is -4.70. The number of ether oxygens (including phenoxy) is 2. The van der Waals surface area contributed by atoms with E-state index in [0.717, 1.165) is 0 Å². The highest BCUT2D eigenvalue weighted by atomic mass is 32.1. The minimum atomic E-state index is -1.03. The van der Waals surface area contributed by atoms with E-state index in [9.17, 15) is 19.5 Å². The predicted molar refractivity (Wildman–Crippen MR) is 149 cm³/mol. The second-order valence-corrected chi connectivity index (χ2v) is 10.4. The summed E-state index contributed by atoms with van der Waals surface area (Å²) in [5, 5.41) is 9.29. The molecule has 4 aromatic rings. The Morgan fingerprint density at radius 1 is 1.12 bits per heavy atom. The molecule has 0 radical (unpaired) electrons. The Morgan fingerprint density at radius 3 is 2.55 bits per heavy atom. The van der Waals surface area contributed by atoms with E-state index in [1.165, 1.54) is 28.0 Å². The summed E-state index contributed by atoms with van der Waals surface area (Å²) in [4.78, 5) is 43.4. The van der Waals surface area contributed by atoms with Crippen molar-refractivity contribution in [3.05, 3.63) is 109 Å². The van der Waals surface area contributed by atoms with E-state index in [2.05, 4.69) is 4.99 Å². The quantitative estimate of drug-likeness (QED) is 0.338. The third-order valence-electron chi connectivity index (χ3n) is 6.31. The summed E-state index contributed by atoms with van der Waals surface area (Å²) in [6.07, 6.45) is 1.27. The molecule has 3 heterocycles. The molecule has 0 saturated carbocycles. The van der Waals surface area contributed by atoms with Crippen molar-refractivity contribution < 1.29 is 28.6 Å². The molecule has 2 aromatic heterocycles. The van der Waals surface area contributed by atoms with Crippen LogP contribution in [0.3, 0.4) is 0 Å². The molecule has 1 N–H and O–H groups in total. The lowest BCUT2D eigenvalue weighted by atomic mass is 9.96. The van der Waals surface area contributed by atoms with Gasteiger partial charge in [-0.15, -0.1) is 0 Å². The smallest absolute Gasteiger partial charge is 0.338 e. The zero-order valence-corrected chi connectivity index (χ0v) is 23.0. The Balaban J connectivity index is 1.61. The molecule has 0 unspecified atom stereocenters. The predicted octanol–water partition coefficient (Wildman–Crippen LogP) is 4.15. The normalized spacial score (nSPS) is 15.1. The molecule has 9 nitrogen and oxygen atoms in total. The number of fused-ring (bicyclic) bond motifs is 1. The van der Waals surface area contributed by atoms with E-state index in [0.29, 0.717) is 43.4 Å². The maximum absolute atomic E-state index is 13.8. The van der Waals surface area contributed by atoms with Crippen LogP contribution in [0.2, 0.25) is 0 Å². The van der Waals surface area contributed by atoms with Crippen molar-refractivity contribution in [1.82, 2.24) is 4.57 Å². The van der Waals surface area contributed by atoms with Crippen LogP contribution < -0.4 is 19.6 Å². The average Bonchev–Trinajstić information content (AvgIpc) is 3.52. The van der Waals surface area contributed by atoms with Gasteiger partial charge >= 0.3 is 11.9 Å². The van der Waals surface area contributed by atoms with E-state index >= 15 is 0 Å². The fraction of sp³-hybridized carbons (Fsp3) is 0.200. The molecule has 0 amide bonds. The first-order valence-electron chi connectivity index (χ1n) is 12.5. The summed E-state index contributed by atoms with van der Waals surface area (Å²) in [5.74, 6) is -0.0469. The van der Waals surface area contributed by atoms with Crippen molar-refractivity contribution in [3.8, 4) is 17.1 Å². The number of aromatic nitrogens is 1. The van der Waals surface area contributed by atoms with E-state index < -0.39 is 18.0 Å². The molecule has 5 rings (SSSR count). The first-order chi connectivity index (χ1) is 19.2. The molecule has 10 heteroatoms. The maximum atomic E-state index is 13.8. The molecule has 0 saturated heterocycles. The molecule has 1 aliphatic rings. The molecule has 0 spiro atoms. The molecule has 0 aliphatic carbocycles. The fourth-order valence-corrected chi connectivity index (χ4v) is 5.51. The van der Waals surface area contributed by atoms with Crippen LogP contribution in [0.25, 0.3) is 17.4 Å². The number of benzene rings is 2. The Morgan fingerprint density at radius 2 is 1.88 bits per heavy atom. The molecule has 2 aromatic carbocycles. The molecular weight excluding hydrogens is 532 g/mol. The first kappa shape index (κ1) is 26.9. The van der Waals surface area contributed by atoms with Crippen molar-refractivity contribution in [2.45, 2.75) is 32.9 Å². The van der Waals surface area contributed by atoms with Crippen LogP contribution in [0.15, 0.2) is 86.1 Å². The standard InChI is InChI=1S/C30H26N2O7S/c1-16(2)38-29(36)25-17(3)31-30-32(26(25)18-8-10-21(37-4)11-9-18)27(33)24(40-30)15-22-12-13-23(39-22)19-6-5-7-20(14-19)28(34)35/h5-16,26H,1-4H3,(H,34,35)/b24-15-/t26-/m0/s1. The maximum Gasteiger partial charge on any atom is 0.338 e. The lowest BCUT2D eigenvalue weighted by Crippen LogP contribution is -2.40. The highest BCUT2D eigenvalue weighted by Gasteiger charge is 2.33. The number of aromatic carboxylic acids is 1. The largest absolute Gasteiger partial charge is 0.497 e. The van der Waals surface area contributed by atoms with Gasteiger partial charge in [0.1, 0.15) is 17.3 Å². The van der Waals surface area contributed by atoms with Crippen LogP contribution in [0.4, 0.5) is 0 Å². The van der Waals surface area contributed by atoms with Crippen molar-refractivity contribution in [1.29, 1.82) is 0 Å². The summed E-state index contributed by atoms with van der Waals surface area (Å²) in [6, 6.07) is 16.3. The molecular formula is C30H26N2O7S. The molecule has 1 aliphatic heterocycles. The van der Waals surface area contributed by atoms with Gasteiger partial charge in [-0.1, -0.05) is 35.6 Å². The van der Waals surface area contributed by atoms with Crippen LogP contribution in [-0.4, -0.2) is 34.8 Å². The number of carboxylic acids is 1. The number of rotatable bonds is 7. The van der Waals surface area contributed by atoms with E-state index in [1.54, 1.807) is 70.4 Å². The summed E-state index contributed by atoms with van der Waals surface area (Å²) >= 11 is 1.19. The van der Waals surface area contributed by atoms with E-state index in [-0.39, 0.29) is 22.8 Å². The molecule has 1 atom stereocenters. The number of esters is 1. The highest BCUT2D eigenvalue weighted by Crippen LogP contribution is 2.32. The monoisotopic (exact) mass is 558 g/mol. The fourth-order valence-electron chi connectivity index (χ4n) is 4.48. The Labute approximate surface area is 232 Å². The van der Waals surface area contributed by atoms with Crippen LogP contribution in [0.5, 0.6) is 5.75 Å². The Kier molecular flexibility index (Phi) is 7.27. The number of allylic oxidation sites excluding steroid dienone is 1. The zero-order valence-electron chi connectivity index (χ0n) is 22.2. The van der Waals surface area contributed by atoms with Gasteiger partial charge in [-0.2, -0.15) is 0 Å². The second kappa shape index (κ2) is 10.8. The van der Waals surface area contributed by atoms with Gasteiger partial charge in [0.2, 0.25) is 0 Å². The number of hydrogen-bond donors (Lipinski definition) is 1. The highest BCUT2D eigenvalue weighted by molar-refractivity contribution is 7.07. The lowest BCUT2D eigenvalue weighted by Gasteiger charge is -2.25. The number of methoxy groups -OCH3 is 1. The van der Waals surface area contributed by atoms with Gasteiger partial charge in [0.15, 0.2) is 4.80 Å². The summed E-state index contributed by atoms with van der Waals surface area (Å²) in [5.41, 5.74) is 1.87. The third kappa shape index (κ3) is 5.13. The van der Waals surface area contributed by atoms with E-state index in [1.807, 2.05) is 12.1 Å². The first-order valence-corrected chi connectivity index (χ1v) is 13.3. The Bertz CT molecular complexity index is 1820. The van der Waals surface area contributed by atoms with Crippen molar-refractivity contribution in [2.75, 3.05) is 7.11 Å². The van der Waals surface area contributed by atoms with Crippen molar-refractivity contribution in [3.63, 3.8) is 0 Å². The minimum absolute atomic E-state index is 0.143. The van der Waals surface area contributed by atoms with Gasteiger partial charge in [0, 0.05) is 11.6 Å². The summed E-state index contributed by atoms with van der Waals surface area (Å²) in [7, 11) is 1.57. The summed E-state index contributed by atoms with van der Waals surface area (Å²) in [6.45, 7) is 5.26. The lowest BCUT2D eigenvalue weighted by molar-refractivity contribution is -0.143. The number of hydrogen-bond acceptors (Lipinski definition) is 8. The van der Waals surface area contributed by atoms with Crippen LogP contribution >= 0.6 is 11.3 Å². The average molecular weight is 559 g/mol. The SMILES string of the molecule is COc1ccc([C@H]2C(C(=O)OC(C)C)=C(C)N=c3s/c(=C\c4ccc(-c5cccc(C(=O)O)c5)o4)c(=O)n32)cc1. The third-order valence-corrected chi connectivity index (χ3v) is 7.29. The number of carboxylic acid groups (broad SMARTS) is 1. The van der Waals surface area contributed by atoms with Gasteiger partial charge in [0.05, 0.1) is 40.6 Å². The molecule has 0 fully saturated rings. The van der Waals surface area contributed by atoms with E-state index in [4.69, 9.17) is 13.9 Å². The number of nitrogens with zero attached hydrogens (tertiary/aromatic N) is 2. The number of carbonyl (C=O) groups is 2. The molecule has 204 valence electrons. The van der Waals surface area contributed by atoms with Gasteiger partial charge in [-0.3, -0.25) is 9.36 Å². The van der Waals surface area contributed by atoms with Gasteiger partial charge in [-0.25, -0.2) is 14.6 Å². The van der Waals surface area contributed by atoms with Crippen molar-refractivity contribution >= 4 is 29.4 Å². The molecule has 0 bridgehead atoms. The molecule has 40 heavy (non-hydrogen) atoms. The minimum Gasteiger partial charge on any atom is -0.497 e. The van der Waals surface area contributed by atoms with Crippen LogP contribution in [0.1, 0.15) is 48.5 Å². The van der Waals surface area contributed by atoms with Gasteiger partial charge in [-0.05, 0) is 62.7 Å². The second-order valence-electron chi connectivity index (χ2n) is 9.40. The van der Waals surface area contributed by atoms with Crippen LogP contribution in [-0.2, 0) is 9.53 Å². The number of furan rings is 1. The van der Waals surface area contributed by atoms with Gasteiger partial charge in [0.25, 0.3) is 5.56 Å². The van der Waals surface area contributed by atoms with Crippen LogP contribution in [0, 0.1) is 0 Å². The zero-order chi connectivity index (χ0) is 28.6. The number of thiazole rings is 1. The topological polar surface area (TPSA) is 120 Å². The number of carbonyl (C=O) groups excluding carboxylic acids is 1. The summed E-state index contributed by atoms with van der Waals surface area (Å²) < 4.78 is 18.6. The van der Waals surface area contributed by atoms with Crippen molar-refractivity contribution in [2.24, 2.45) is 4.99 Å².